The molecule has 24 heavy (non-hydrogen) atoms. The minimum atomic E-state index is -0.991. The molecule has 0 fully saturated rings. The molecule has 5 nitrogen and oxygen atoms in total. The molecule has 0 spiro atoms. The van der Waals surface area contributed by atoms with E-state index in [4.69, 9.17) is 21.8 Å². The molecule has 0 aliphatic carbocycles. The number of aromatic nitrogens is 1. The summed E-state index contributed by atoms with van der Waals surface area (Å²) in [6, 6.07) is 12.5. The van der Waals surface area contributed by atoms with Gasteiger partial charge in [0.1, 0.15) is 11.5 Å². The van der Waals surface area contributed by atoms with Gasteiger partial charge >= 0.3 is 5.97 Å². The number of thioether (sulfide) groups is 1. The summed E-state index contributed by atoms with van der Waals surface area (Å²) in [4.78, 5) is 15.5. The van der Waals surface area contributed by atoms with Crippen molar-refractivity contribution in [3.8, 4) is 11.1 Å². The van der Waals surface area contributed by atoms with E-state index in [0.29, 0.717) is 21.5 Å². The SMILES string of the molecule is Nc1ccc(-c2ccc(C(Sc3ncco3)C(=O)O)cc2Cl)cc1. The summed E-state index contributed by atoms with van der Waals surface area (Å²) in [5.41, 5.74) is 8.64. The monoisotopic (exact) mass is 360 g/mol. The van der Waals surface area contributed by atoms with Gasteiger partial charge in [-0.25, -0.2) is 4.98 Å². The van der Waals surface area contributed by atoms with Gasteiger partial charge < -0.3 is 15.3 Å². The topological polar surface area (TPSA) is 89.4 Å². The Morgan fingerprint density at radius 3 is 2.58 bits per heavy atom. The molecule has 1 aromatic heterocycles. The van der Waals surface area contributed by atoms with Crippen LogP contribution in [0.2, 0.25) is 5.02 Å². The molecule has 0 saturated carbocycles. The van der Waals surface area contributed by atoms with E-state index < -0.39 is 11.2 Å². The van der Waals surface area contributed by atoms with Gasteiger partial charge in [-0.15, -0.1) is 0 Å². The molecule has 0 amide bonds. The minimum absolute atomic E-state index is 0.293. The Hall–Kier alpha value is -2.44. The normalized spacial score (nSPS) is 12.0. The van der Waals surface area contributed by atoms with Gasteiger partial charge in [-0.3, -0.25) is 4.79 Å². The standard InChI is InChI=1S/C17H13ClN2O3S/c18-14-9-11(15(16(21)22)24-17-20-7-8-23-17)3-6-13(14)10-1-4-12(19)5-2-10/h1-9,15H,19H2,(H,21,22). The van der Waals surface area contributed by atoms with Crippen LogP contribution in [0.15, 0.2) is 64.6 Å². The summed E-state index contributed by atoms with van der Waals surface area (Å²) in [5.74, 6) is -0.991. The molecule has 2 aromatic carbocycles. The predicted molar refractivity (Wildman–Crippen MR) is 94.0 cm³/mol. The number of rotatable bonds is 5. The number of aliphatic carboxylic acids is 1. The third-order valence-corrected chi connectivity index (χ3v) is 4.80. The third kappa shape index (κ3) is 3.55. The van der Waals surface area contributed by atoms with Crippen LogP contribution in [0.5, 0.6) is 0 Å². The number of oxazole rings is 1. The molecule has 3 rings (SSSR count). The van der Waals surface area contributed by atoms with E-state index in [9.17, 15) is 9.90 Å². The van der Waals surface area contributed by atoms with Gasteiger partial charge in [-0.2, -0.15) is 0 Å². The van der Waals surface area contributed by atoms with Gasteiger partial charge in [0.2, 0.25) is 0 Å². The van der Waals surface area contributed by atoms with Crippen LogP contribution in [0.1, 0.15) is 10.8 Å². The lowest BCUT2D eigenvalue weighted by Gasteiger charge is -2.13. The van der Waals surface area contributed by atoms with E-state index in [1.807, 2.05) is 12.1 Å². The maximum atomic E-state index is 11.6. The van der Waals surface area contributed by atoms with E-state index in [0.717, 1.165) is 22.9 Å². The summed E-state index contributed by atoms with van der Waals surface area (Å²) >= 11 is 7.38. The van der Waals surface area contributed by atoms with Crippen LogP contribution in [0.25, 0.3) is 11.1 Å². The second-order valence-electron chi connectivity index (χ2n) is 5.00. The number of carboxylic acid groups (broad SMARTS) is 1. The van der Waals surface area contributed by atoms with Crippen LogP contribution >= 0.6 is 23.4 Å². The fraction of sp³-hybridized carbons (Fsp3) is 0.0588. The van der Waals surface area contributed by atoms with Crippen molar-refractivity contribution in [3.63, 3.8) is 0 Å². The number of halogens is 1. The van der Waals surface area contributed by atoms with E-state index in [2.05, 4.69) is 4.98 Å². The Morgan fingerprint density at radius 1 is 1.25 bits per heavy atom. The first-order chi connectivity index (χ1) is 11.5. The first-order valence-corrected chi connectivity index (χ1v) is 8.24. The maximum Gasteiger partial charge on any atom is 0.321 e. The molecule has 1 heterocycles. The smallest absolute Gasteiger partial charge is 0.321 e. The van der Waals surface area contributed by atoms with Crippen LogP contribution in [-0.2, 0) is 4.79 Å². The Labute approximate surface area is 147 Å². The molecule has 0 aliphatic rings. The van der Waals surface area contributed by atoms with Crippen molar-refractivity contribution in [2.75, 3.05) is 5.73 Å². The van der Waals surface area contributed by atoms with Crippen LogP contribution in [-0.4, -0.2) is 16.1 Å². The van der Waals surface area contributed by atoms with Gasteiger partial charge in [0, 0.05) is 16.3 Å². The fourth-order valence-electron chi connectivity index (χ4n) is 2.22. The third-order valence-electron chi connectivity index (χ3n) is 3.37. The average Bonchev–Trinajstić information content (AvgIpc) is 3.06. The number of hydrogen-bond acceptors (Lipinski definition) is 5. The van der Waals surface area contributed by atoms with Crippen LogP contribution < -0.4 is 5.73 Å². The van der Waals surface area contributed by atoms with Gasteiger partial charge in [-0.05, 0) is 41.1 Å². The molecule has 122 valence electrons. The number of benzene rings is 2. The largest absolute Gasteiger partial charge is 0.480 e. The zero-order valence-electron chi connectivity index (χ0n) is 12.3. The molecular formula is C17H13ClN2O3S. The number of nitrogens with zero attached hydrogens (tertiary/aromatic N) is 1. The Morgan fingerprint density at radius 2 is 2.00 bits per heavy atom. The van der Waals surface area contributed by atoms with Crippen LogP contribution in [0.3, 0.4) is 0 Å². The molecule has 0 radical (unpaired) electrons. The molecule has 0 aliphatic heterocycles. The summed E-state index contributed by atoms with van der Waals surface area (Å²) in [6.07, 6.45) is 2.87. The van der Waals surface area contributed by atoms with E-state index in [1.165, 1.54) is 12.5 Å². The summed E-state index contributed by atoms with van der Waals surface area (Å²) < 4.78 is 5.11. The molecule has 1 atom stereocenters. The van der Waals surface area contributed by atoms with Crippen LogP contribution in [0, 0.1) is 0 Å². The van der Waals surface area contributed by atoms with Crippen molar-refractivity contribution >= 4 is 35.0 Å². The highest BCUT2D eigenvalue weighted by atomic mass is 35.5. The van der Waals surface area contributed by atoms with E-state index in [1.54, 1.807) is 30.3 Å². The molecule has 1 unspecified atom stereocenters. The quantitative estimate of drug-likeness (QED) is 0.514. The highest BCUT2D eigenvalue weighted by Gasteiger charge is 2.24. The number of hydrogen-bond donors (Lipinski definition) is 2. The lowest BCUT2D eigenvalue weighted by Crippen LogP contribution is -2.08. The van der Waals surface area contributed by atoms with Crippen LogP contribution in [0.4, 0.5) is 5.69 Å². The van der Waals surface area contributed by atoms with Crippen molar-refractivity contribution in [3.05, 3.63) is 65.5 Å². The second-order valence-corrected chi connectivity index (χ2v) is 6.46. The molecule has 0 bridgehead atoms. The lowest BCUT2D eigenvalue weighted by molar-refractivity contribution is -0.136. The summed E-state index contributed by atoms with van der Waals surface area (Å²) in [6.45, 7) is 0. The average molecular weight is 361 g/mol. The number of anilines is 1. The zero-order valence-corrected chi connectivity index (χ0v) is 13.9. The number of carbonyl (C=O) groups is 1. The van der Waals surface area contributed by atoms with Crippen molar-refractivity contribution in [2.24, 2.45) is 0 Å². The van der Waals surface area contributed by atoms with Crippen molar-refractivity contribution in [1.82, 2.24) is 4.98 Å². The molecule has 3 N–H and O–H groups in total. The number of carboxylic acids is 1. The lowest BCUT2D eigenvalue weighted by atomic mass is 10.0. The van der Waals surface area contributed by atoms with E-state index >= 15 is 0 Å². The summed E-state index contributed by atoms with van der Waals surface area (Å²) in [7, 11) is 0. The zero-order chi connectivity index (χ0) is 17.1. The maximum absolute atomic E-state index is 11.6. The second kappa shape index (κ2) is 6.98. The molecule has 0 saturated heterocycles. The van der Waals surface area contributed by atoms with Gasteiger partial charge in [-0.1, -0.05) is 35.9 Å². The fourth-order valence-corrected chi connectivity index (χ4v) is 3.34. The predicted octanol–water partition coefficient (Wildman–Crippen LogP) is 4.50. The minimum Gasteiger partial charge on any atom is -0.480 e. The number of nitrogen functional groups attached to an aromatic ring is 1. The molecular weight excluding hydrogens is 348 g/mol. The highest BCUT2D eigenvalue weighted by molar-refractivity contribution is 8.00. The Balaban J connectivity index is 1.92. The van der Waals surface area contributed by atoms with E-state index in [-0.39, 0.29) is 0 Å². The van der Waals surface area contributed by atoms with Crippen molar-refractivity contribution < 1.29 is 14.3 Å². The van der Waals surface area contributed by atoms with Gasteiger partial charge in [0.25, 0.3) is 5.22 Å². The molecule has 7 heteroatoms. The van der Waals surface area contributed by atoms with Crippen molar-refractivity contribution in [2.45, 2.75) is 10.5 Å². The number of nitrogens with two attached hydrogens (primary N) is 1. The Bertz CT molecular complexity index is 851. The van der Waals surface area contributed by atoms with Gasteiger partial charge in [0.05, 0.1) is 6.20 Å². The first kappa shape index (κ1) is 16.4. The van der Waals surface area contributed by atoms with Crippen molar-refractivity contribution in [1.29, 1.82) is 0 Å². The van der Waals surface area contributed by atoms with Gasteiger partial charge in [0.15, 0.2) is 0 Å². The Kier molecular flexibility index (Phi) is 4.78. The highest BCUT2D eigenvalue weighted by Crippen LogP contribution is 2.38. The molecule has 3 aromatic rings. The first-order valence-electron chi connectivity index (χ1n) is 6.99. The summed E-state index contributed by atoms with van der Waals surface area (Å²) in [5, 5.41) is 9.39.